The smallest absolute Gasteiger partial charge is 0.293 e. The Kier molecular flexibility index (Phi) is 6.16. The molecule has 0 radical (unpaired) electrons. The zero-order valence-electron chi connectivity index (χ0n) is 15.5. The van der Waals surface area contributed by atoms with Gasteiger partial charge in [-0.1, -0.05) is 29.8 Å². The van der Waals surface area contributed by atoms with Gasteiger partial charge in [-0.2, -0.15) is 0 Å². The molecule has 0 N–H and O–H groups in total. The molecule has 0 saturated carbocycles. The Labute approximate surface area is 172 Å². The molecule has 2 aromatic carbocycles. The van der Waals surface area contributed by atoms with E-state index in [1.54, 1.807) is 36.4 Å². The molecule has 8 heteroatoms. The predicted molar refractivity (Wildman–Crippen MR) is 109 cm³/mol. The van der Waals surface area contributed by atoms with Crippen LogP contribution in [0.3, 0.4) is 0 Å². The summed E-state index contributed by atoms with van der Waals surface area (Å²) in [5, 5.41) is 0.155. The average molecular weight is 420 g/mol. The van der Waals surface area contributed by atoms with Crippen molar-refractivity contribution < 1.29 is 23.8 Å². The molecule has 3 rings (SSSR count). The Balaban J connectivity index is 1.92. The molecular weight excluding hydrogens is 402 g/mol. The van der Waals surface area contributed by atoms with Gasteiger partial charge in [-0.3, -0.25) is 14.5 Å². The van der Waals surface area contributed by atoms with Crippen LogP contribution in [0.25, 0.3) is 6.08 Å². The number of thioether (sulfide) groups is 1. The number of rotatable bonds is 6. The van der Waals surface area contributed by atoms with Crippen LogP contribution in [0.2, 0.25) is 5.02 Å². The lowest BCUT2D eigenvalue weighted by atomic mass is 10.1. The van der Waals surface area contributed by atoms with Crippen molar-refractivity contribution in [2.45, 2.75) is 6.54 Å². The molecule has 1 saturated heterocycles. The van der Waals surface area contributed by atoms with Crippen LogP contribution in [0.5, 0.6) is 17.2 Å². The van der Waals surface area contributed by atoms with Gasteiger partial charge in [0.1, 0.15) is 5.75 Å². The molecular formula is C20H18ClNO5S. The summed E-state index contributed by atoms with van der Waals surface area (Å²) in [5.74, 6) is 1.11. The van der Waals surface area contributed by atoms with Gasteiger partial charge >= 0.3 is 0 Å². The molecule has 0 aliphatic carbocycles. The fraction of sp³-hybridized carbons (Fsp3) is 0.200. The lowest BCUT2D eigenvalue weighted by molar-refractivity contribution is -0.123. The van der Waals surface area contributed by atoms with E-state index in [2.05, 4.69) is 0 Å². The molecule has 6 nitrogen and oxygen atoms in total. The van der Waals surface area contributed by atoms with Crippen LogP contribution in [0.4, 0.5) is 4.79 Å². The number of carbonyl (C=O) groups excluding carboxylic acids is 2. The highest BCUT2D eigenvalue weighted by atomic mass is 35.5. The number of carbonyl (C=O) groups is 2. The lowest BCUT2D eigenvalue weighted by Gasteiger charge is -2.14. The first-order chi connectivity index (χ1) is 13.5. The fourth-order valence-corrected chi connectivity index (χ4v) is 3.76. The van der Waals surface area contributed by atoms with E-state index in [0.29, 0.717) is 38.3 Å². The molecule has 146 valence electrons. The number of methoxy groups -OCH3 is 3. The molecule has 0 bridgehead atoms. The van der Waals surface area contributed by atoms with E-state index < -0.39 is 0 Å². The largest absolute Gasteiger partial charge is 0.496 e. The number of hydrogen-bond acceptors (Lipinski definition) is 6. The Morgan fingerprint density at radius 1 is 1.00 bits per heavy atom. The van der Waals surface area contributed by atoms with Crippen molar-refractivity contribution in [1.29, 1.82) is 0 Å². The molecule has 0 aromatic heterocycles. The highest BCUT2D eigenvalue weighted by molar-refractivity contribution is 8.18. The SMILES string of the molecule is COc1cc(OC)c(OC)cc1/C=C1\SC(=O)N(Cc2ccccc2Cl)C1=O. The maximum absolute atomic E-state index is 12.8. The maximum Gasteiger partial charge on any atom is 0.293 e. The van der Waals surface area contributed by atoms with Crippen LogP contribution in [0.15, 0.2) is 41.3 Å². The third kappa shape index (κ3) is 3.95. The van der Waals surface area contributed by atoms with Gasteiger partial charge in [0.2, 0.25) is 0 Å². The number of halogens is 1. The van der Waals surface area contributed by atoms with Crippen LogP contribution < -0.4 is 14.2 Å². The molecule has 2 aromatic rings. The number of imide groups is 1. The van der Waals surface area contributed by atoms with E-state index in [1.165, 1.54) is 26.2 Å². The van der Waals surface area contributed by atoms with Gasteiger partial charge < -0.3 is 14.2 Å². The summed E-state index contributed by atoms with van der Waals surface area (Å²) < 4.78 is 16.0. The molecule has 0 atom stereocenters. The minimum atomic E-state index is -0.383. The van der Waals surface area contributed by atoms with Gasteiger partial charge in [-0.05, 0) is 35.5 Å². The van der Waals surface area contributed by atoms with Crippen molar-refractivity contribution in [2.75, 3.05) is 21.3 Å². The molecule has 1 aliphatic rings. The first kappa shape index (κ1) is 20.1. The Hall–Kier alpha value is -2.64. The van der Waals surface area contributed by atoms with Gasteiger partial charge in [-0.15, -0.1) is 0 Å². The monoisotopic (exact) mass is 419 g/mol. The van der Waals surface area contributed by atoms with E-state index in [1.807, 2.05) is 6.07 Å². The lowest BCUT2D eigenvalue weighted by Crippen LogP contribution is -2.27. The first-order valence-corrected chi connectivity index (χ1v) is 9.46. The molecule has 2 amide bonds. The standard InChI is InChI=1S/C20H18ClNO5S/c1-25-15-10-17(27-3)16(26-2)8-13(15)9-18-19(23)22(20(24)28-18)11-12-6-4-5-7-14(12)21/h4-10H,11H2,1-3H3/b18-9-. The van der Waals surface area contributed by atoms with Gasteiger partial charge in [0.25, 0.3) is 11.1 Å². The van der Waals surface area contributed by atoms with Crippen LogP contribution in [0, 0.1) is 0 Å². The van der Waals surface area contributed by atoms with E-state index in [9.17, 15) is 9.59 Å². The maximum atomic E-state index is 12.8. The van der Waals surface area contributed by atoms with E-state index >= 15 is 0 Å². The summed E-state index contributed by atoms with van der Waals surface area (Å²) in [7, 11) is 4.56. The second kappa shape index (κ2) is 8.58. The molecule has 28 heavy (non-hydrogen) atoms. The first-order valence-electron chi connectivity index (χ1n) is 8.27. The van der Waals surface area contributed by atoms with Crippen molar-refractivity contribution in [3.05, 3.63) is 57.5 Å². The van der Waals surface area contributed by atoms with E-state index in [4.69, 9.17) is 25.8 Å². The van der Waals surface area contributed by atoms with Crippen molar-refractivity contribution in [3.63, 3.8) is 0 Å². The van der Waals surface area contributed by atoms with Crippen molar-refractivity contribution in [1.82, 2.24) is 4.90 Å². The predicted octanol–water partition coefficient (Wildman–Crippen LogP) is 4.60. The highest BCUT2D eigenvalue weighted by Gasteiger charge is 2.35. The summed E-state index contributed by atoms with van der Waals surface area (Å²) in [4.78, 5) is 26.6. The van der Waals surface area contributed by atoms with Gasteiger partial charge in [0.05, 0.1) is 32.8 Å². The second-order valence-electron chi connectivity index (χ2n) is 5.81. The number of ether oxygens (including phenoxy) is 3. The topological polar surface area (TPSA) is 65.1 Å². The summed E-state index contributed by atoms with van der Waals surface area (Å²) in [6, 6.07) is 10.5. The van der Waals surface area contributed by atoms with Gasteiger partial charge in [-0.25, -0.2) is 0 Å². The number of amides is 2. The van der Waals surface area contributed by atoms with Crippen LogP contribution in [-0.2, 0) is 11.3 Å². The molecule has 0 spiro atoms. The van der Waals surface area contributed by atoms with E-state index in [-0.39, 0.29) is 17.7 Å². The third-order valence-electron chi connectivity index (χ3n) is 4.18. The molecule has 1 fully saturated rings. The number of hydrogen-bond donors (Lipinski definition) is 0. The average Bonchev–Trinajstić information content (AvgIpc) is 2.96. The van der Waals surface area contributed by atoms with Crippen molar-refractivity contribution in [3.8, 4) is 17.2 Å². The van der Waals surface area contributed by atoms with E-state index in [0.717, 1.165) is 11.8 Å². The Morgan fingerprint density at radius 3 is 2.29 bits per heavy atom. The van der Waals surface area contributed by atoms with Crippen LogP contribution >= 0.6 is 23.4 Å². The summed E-state index contributed by atoms with van der Waals surface area (Å²) in [6.07, 6.45) is 1.61. The zero-order valence-corrected chi connectivity index (χ0v) is 17.1. The fourth-order valence-electron chi connectivity index (χ4n) is 2.74. The minimum Gasteiger partial charge on any atom is -0.496 e. The molecule has 1 aliphatic heterocycles. The number of nitrogens with zero attached hydrogens (tertiary/aromatic N) is 1. The number of benzene rings is 2. The third-order valence-corrected chi connectivity index (χ3v) is 5.46. The Bertz CT molecular complexity index is 960. The zero-order chi connectivity index (χ0) is 20.3. The normalized spacial score (nSPS) is 15.3. The summed E-state index contributed by atoms with van der Waals surface area (Å²) >= 11 is 7.02. The van der Waals surface area contributed by atoms with Crippen molar-refractivity contribution in [2.24, 2.45) is 0 Å². The minimum absolute atomic E-state index is 0.116. The van der Waals surface area contributed by atoms with Crippen LogP contribution in [0.1, 0.15) is 11.1 Å². The highest BCUT2D eigenvalue weighted by Crippen LogP contribution is 2.39. The summed E-state index contributed by atoms with van der Waals surface area (Å²) in [6.45, 7) is 0.116. The van der Waals surface area contributed by atoms with Gasteiger partial charge in [0.15, 0.2) is 11.5 Å². The van der Waals surface area contributed by atoms with Crippen LogP contribution in [-0.4, -0.2) is 37.4 Å². The van der Waals surface area contributed by atoms with Crippen molar-refractivity contribution >= 4 is 40.6 Å². The summed E-state index contributed by atoms with van der Waals surface area (Å²) in [5.41, 5.74) is 1.31. The van der Waals surface area contributed by atoms with Gasteiger partial charge in [0, 0.05) is 16.7 Å². The Morgan fingerprint density at radius 2 is 1.64 bits per heavy atom. The molecule has 1 heterocycles. The second-order valence-corrected chi connectivity index (χ2v) is 7.21. The quantitative estimate of drug-likeness (QED) is 0.637. The molecule has 0 unspecified atom stereocenters.